The highest BCUT2D eigenvalue weighted by Gasteiger charge is 2.15. The molecule has 4 rings (SSSR count). The molecule has 0 saturated heterocycles. The van der Waals surface area contributed by atoms with Crippen LogP contribution in [-0.4, -0.2) is 28.5 Å². The zero-order chi connectivity index (χ0) is 21.1. The van der Waals surface area contributed by atoms with Gasteiger partial charge in [0.05, 0.1) is 10.9 Å². The summed E-state index contributed by atoms with van der Waals surface area (Å²) >= 11 is 0. The number of hydrogen-bond donors (Lipinski definition) is 1. The van der Waals surface area contributed by atoms with Crippen molar-refractivity contribution in [3.8, 4) is 0 Å². The van der Waals surface area contributed by atoms with E-state index in [1.807, 2.05) is 24.3 Å². The van der Waals surface area contributed by atoms with Crippen LogP contribution in [0.4, 0.5) is 11.4 Å². The van der Waals surface area contributed by atoms with Gasteiger partial charge in [0.15, 0.2) is 0 Å². The summed E-state index contributed by atoms with van der Waals surface area (Å²) in [5, 5.41) is 3.51. The van der Waals surface area contributed by atoms with E-state index in [9.17, 15) is 9.59 Å². The fourth-order valence-corrected chi connectivity index (χ4v) is 4.11. The molecular weight excluding hydrogens is 376 g/mol. The van der Waals surface area contributed by atoms with Crippen LogP contribution in [0, 0.1) is 0 Å². The Hall–Kier alpha value is -3.15. The number of rotatable bonds is 5. The van der Waals surface area contributed by atoms with Crippen LogP contribution >= 0.6 is 0 Å². The van der Waals surface area contributed by atoms with Gasteiger partial charge in [0.25, 0.3) is 11.5 Å². The topological polar surface area (TPSA) is 67.2 Å². The Balaban J connectivity index is 1.58. The molecule has 1 amide bonds. The lowest BCUT2D eigenvalue weighted by Crippen LogP contribution is -2.24. The fraction of sp³-hybridized carbons (Fsp3) is 0.375. The summed E-state index contributed by atoms with van der Waals surface area (Å²) in [5.41, 5.74) is 2.97. The molecule has 0 bridgehead atoms. The van der Waals surface area contributed by atoms with Gasteiger partial charge in [0, 0.05) is 43.0 Å². The molecule has 1 aliphatic rings. The van der Waals surface area contributed by atoms with Crippen LogP contribution in [0.2, 0.25) is 0 Å². The van der Waals surface area contributed by atoms with Crippen LogP contribution in [0.3, 0.4) is 0 Å². The zero-order valence-electron chi connectivity index (χ0n) is 17.6. The minimum absolute atomic E-state index is 0.00384. The minimum atomic E-state index is -0.204. The molecule has 6 nitrogen and oxygen atoms in total. The zero-order valence-corrected chi connectivity index (χ0v) is 17.6. The van der Waals surface area contributed by atoms with Crippen LogP contribution < -0.4 is 15.8 Å². The Morgan fingerprint density at radius 2 is 1.83 bits per heavy atom. The molecule has 0 radical (unpaired) electrons. The molecule has 0 fully saturated rings. The van der Waals surface area contributed by atoms with Gasteiger partial charge in [-0.15, -0.1) is 0 Å². The Morgan fingerprint density at radius 3 is 2.57 bits per heavy atom. The summed E-state index contributed by atoms with van der Waals surface area (Å²) in [6.45, 7) is 6.85. The van der Waals surface area contributed by atoms with Crippen molar-refractivity contribution in [3.05, 3.63) is 64.2 Å². The van der Waals surface area contributed by atoms with E-state index in [-0.39, 0.29) is 11.5 Å². The molecular formula is C24H28N4O2. The molecule has 1 aliphatic heterocycles. The third-order valence-electron chi connectivity index (χ3n) is 5.83. The summed E-state index contributed by atoms with van der Waals surface area (Å²) in [4.78, 5) is 32.6. The van der Waals surface area contributed by atoms with E-state index in [0.29, 0.717) is 16.5 Å². The number of benzene rings is 2. The van der Waals surface area contributed by atoms with Crippen molar-refractivity contribution in [2.75, 3.05) is 23.3 Å². The van der Waals surface area contributed by atoms with Crippen molar-refractivity contribution in [3.63, 3.8) is 0 Å². The Bertz CT molecular complexity index is 1110. The lowest BCUT2D eigenvalue weighted by Gasteiger charge is -2.21. The van der Waals surface area contributed by atoms with Crippen LogP contribution in [0.5, 0.6) is 0 Å². The maximum atomic E-state index is 12.9. The third-order valence-corrected chi connectivity index (χ3v) is 5.83. The SMILES string of the molecule is CCN(CC)c1ccc(NC(=O)c2ccc3c(=O)n4c(nc3c2)CCCCC4)cc1. The first-order valence-corrected chi connectivity index (χ1v) is 10.8. The van der Waals surface area contributed by atoms with Gasteiger partial charge in [-0.1, -0.05) is 6.42 Å². The van der Waals surface area contributed by atoms with E-state index >= 15 is 0 Å². The smallest absolute Gasteiger partial charge is 0.261 e. The van der Waals surface area contributed by atoms with Crippen LogP contribution in [-0.2, 0) is 13.0 Å². The highest BCUT2D eigenvalue weighted by molar-refractivity contribution is 6.06. The maximum absolute atomic E-state index is 12.9. The standard InChI is InChI=1S/C24H28N4O2/c1-3-27(4-2)19-12-10-18(11-13-19)25-23(29)17-9-14-20-21(16-17)26-22-8-6-5-7-15-28(22)24(20)30/h9-14,16H,3-8,15H2,1-2H3,(H,25,29). The van der Waals surface area contributed by atoms with E-state index in [1.54, 1.807) is 22.8 Å². The summed E-state index contributed by atoms with van der Waals surface area (Å²) in [7, 11) is 0. The molecule has 2 heterocycles. The third kappa shape index (κ3) is 3.95. The molecule has 0 saturated carbocycles. The first-order valence-electron chi connectivity index (χ1n) is 10.8. The summed E-state index contributed by atoms with van der Waals surface area (Å²) in [6.07, 6.45) is 3.97. The average molecular weight is 405 g/mol. The fourth-order valence-electron chi connectivity index (χ4n) is 4.11. The quantitative estimate of drug-likeness (QED) is 0.691. The number of anilines is 2. The number of aryl methyl sites for hydroxylation is 1. The number of amides is 1. The maximum Gasteiger partial charge on any atom is 0.261 e. The molecule has 1 aromatic heterocycles. The van der Waals surface area contributed by atoms with Crippen molar-refractivity contribution < 1.29 is 4.79 Å². The molecule has 0 aliphatic carbocycles. The first kappa shape index (κ1) is 20.1. The molecule has 0 atom stereocenters. The Kier molecular flexibility index (Phi) is 5.84. The average Bonchev–Trinajstić information content (AvgIpc) is 3.01. The number of aromatic nitrogens is 2. The van der Waals surface area contributed by atoms with Gasteiger partial charge in [-0.3, -0.25) is 14.2 Å². The van der Waals surface area contributed by atoms with Crippen molar-refractivity contribution in [2.24, 2.45) is 0 Å². The van der Waals surface area contributed by atoms with E-state index in [2.05, 4.69) is 24.1 Å². The Morgan fingerprint density at radius 1 is 1.07 bits per heavy atom. The van der Waals surface area contributed by atoms with E-state index in [4.69, 9.17) is 4.98 Å². The highest BCUT2D eigenvalue weighted by Crippen LogP contribution is 2.20. The van der Waals surface area contributed by atoms with Gasteiger partial charge < -0.3 is 10.2 Å². The monoisotopic (exact) mass is 404 g/mol. The lowest BCUT2D eigenvalue weighted by molar-refractivity contribution is 0.102. The number of carbonyl (C=O) groups is 1. The van der Waals surface area contributed by atoms with Crippen molar-refractivity contribution in [2.45, 2.75) is 46.1 Å². The van der Waals surface area contributed by atoms with Gasteiger partial charge in [-0.25, -0.2) is 4.98 Å². The molecule has 0 spiro atoms. The number of nitrogens with one attached hydrogen (secondary N) is 1. The number of hydrogen-bond acceptors (Lipinski definition) is 4. The van der Waals surface area contributed by atoms with Crippen LogP contribution in [0.1, 0.15) is 49.3 Å². The van der Waals surface area contributed by atoms with Gasteiger partial charge in [0.1, 0.15) is 5.82 Å². The van der Waals surface area contributed by atoms with Crippen molar-refractivity contribution in [1.29, 1.82) is 0 Å². The predicted octanol–water partition coefficient (Wildman–Crippen LogP) is 4.22. The van der Waals surface area contributed by atoms with Crippen molar-refractivity contribution in [1.82, 2.24) is 9.55 Å². The van der Waals surface area contributed by atoms with Gasteiger partial charge >= 0.3 is 0 Å². The molecule has 30 heavy (non-hydrogen) atoms. The van der Waals surface area contributed by atoms with Gasteiger partial charge in [-0.05, 0) is 69.2 Å². The van der Waals surface area contributed by atoms with E-state index in [1.165, 1.54) is 0 Å². The largest absolute Gasteiger partial charge is 0.372 e. The van der Waals surface area contributed by atoms with Crippen LogP contribution in [0.25, 0.3) is 10.9 Å². The number of nitrogens with zero attached hydrogens (tertiary/aromatic N) is 3. The lowest BCUT2D eigenvalue weighted by atomic mass is 10.1. The highest BCUT2D eigenvalue weighted by atomic mass is 16.1. The van der Waals surface area contributed by atoms with E-state index < -0.39 is 0 Å². The summed E-state index contributed by atoms with van der Waals surface area (Å²) in [5.74, 6) is 0.624. The minimum Gasteiger partial charge on any atom is -0.372 e. The number of fused-ring (bicyclic) bond motifs is 2. The van der Waals surface area contributed by atoms with E-state index in [0.717, 1.165) is 62.5 Å². The normalized spacial score (nSPS) is 13.5. The predicted molar refractivity (Wildman–Crippen MR) is 122 cm³/mol. The molecule has 0 unspecified atom stereocenters. The van der Waals surface area contributed by atoms with Gasteiger partial charge in [0.2, 0.25) is 0 Å². The summed E-state index contributed by atoms with van der Waals surface area (Å²) in [6, 6.07) is 13.0. The van der Waals surface area contributed by atoms with Crippen LogP contribution in [0.15, 0.2) is 47.3 Å². The first-order chi connectivity index (χ1) is 14.6. The summed E-state index contributed by atoms with van der Waals surface area (Å²) < 4.78 is 1.80. The second-order valence-electron chi connectivity index (χ2n) is 7.70. The molecule has 2 aromatic carbocycles. The second kappa shape index (κ2) is 8.69. The molecule has 1 N–H and O–H groups in total. The Labute approximate surface area is 176 Å². The molecule has 156 valence electrons. The van der Waals surface area contributed by atoms with Crippen molar-refractivity contribution >= 4 is 28.2 Å². The van der Waals surface area contributed by atoms with Gasteiger partial charge in [-0.2, -0.15) is 0 Å². The molecule has 3 aromatic rings. The second-order valence-corrected chi connectivity index (χ2v) is 7.70. The number of carbonyl (C=O) groups excluding carboxylic acids is 1. The molecule has 6 heteroatoms.